The Kier molecular flexibility index (Phi) is 5.45. The summed E-state index contributed by atoms with van der Waals surface area (Å²) in [5.74, 6) is 0.931. The minimum Gasteiger partial charge on any atom is -0.310 e. The molecule has 1 fully saturated rings. The van der Waals surface area contributed by atoms with E-state index in [4.69, 9.17) is 0 Å². The van der Waals surface area contributed by atoms with Gasteiger partial charge in [0.1, 0.15) is 0 Å². The normalized spacial score (nSPS) is 18.8. The molecule has 0 aliphatic heterocycles. The zero-order chi connectivity index (χ0) is 15.5. The van der Waals surface area contributed by atoms with Crippen molar-refractivity contribution < 1.29 is 0 Å². The molecule has 0 radical (unpaired) electrons. The molecule has 2 nitrogen and oxygen atoms in total. The van der Waals surface area contributed by atoms with E-state index in [1.54, 1.807) is 0 Å². The van der Waals surface area contributed by atoms with Gasteiger partial charge in [0, 0.05) is 18.6 Å². The third kappa shape index (κ3) is 4.31. The largest absolute Gasteiger partial charge is 0.310 e. The molecule has 0 heterocycles. The molecule has 2 atom stereocenters. The smallest absolute Gasteiger partial charge is 0.0384 e. The molecule has 0 saturated heterocycles. The van der Waals surface area contributed by atoms with Crippen molar-refractivity contribution in [1.29, 1.82) is 0 Å². The quantitative estimate of drug-likeness (QED) is 0.775. The maximum Gasteiger partial charge on any atom is 0.0384 e. The van der Waals surface area contributed by atoms with E-state index in [9.17, 15) is 0 Å². The zero-order valence-electron chi connectivity index (χ0n) is 14.4. The first-order chi connectivity index (χ1) is 9.95. The molecule has 118 valence electrons. The van der Waals surface area contributed by atoms with Crippen molar-refractivity contribution in [3.63, 3.8) is 0 Å². The Morgan fingerprint density at radius 2 is 1.86 bits per heavy atom. The molecule has 1 aromatic carbocycles. The fraction of sp³-hybridized carbons (Fsp3) is 0.684. The fourth-order valence-corrected chi connectivity index (χ4v) is 3.51. The van der Waals surface area contributed by atoms with Crippen LogP contribution in [0.3, 0.4) is 0 Å². The molecule has 0 aromatic heterocycles. The second kappa shape index (κ2) is 6.93. The Bertz CT molecular complexity index is 422. The van der Waals surface area contributed by atoms with E-state index in [0.29, 0.717) is 12.1 Å². The first kappa shape index (κ1) is 16.5. The van der Waals surface area contributed by atoms with Gasteiger partial charge in [-0.2, -0.15) is 0 Å². The molecule has 1 saturated carbocycles. The Morgan fingerprint density at radius 3 is 2.38 bits per heavy atom. The van der Waals surface area contributed by atoms with Gasteiger partial charge < -0.3 is 10.2 Å². The highest BCUT2D eigenvalue weighted by Crippen LogP contribution is 2.38. The van der Waals surface area contributed by atoms with Crippen LogP contribution in [-0.2, 0) is 0 Å². The highest BCUT2D eigenvalue weighted by molar-refractivity contribution is 5.21. The lowest BCUT2D eigenvalue weighted by atomic mass is 9.79. The van der Waals surface area contributed by atoms with Gasteiger partial charge in [-0.3, -0.25) is 0 Å². The number of benzene rings is 1. The van der Waals surface area contributed by atoms with E-state index >= 15 is 0 Å². The fourth-order valence-electron chi connectivity index (χ4n) is 3.51. The van der Waals surface area contributed by atoms with E-state index in [-0.39, 0.29) is 5.41 Å². The standard InChI is InChI=1S/C19H32N2/c1-6-20-18(17-10-8-7-9-11-17)19(3,4)14-21(5)15(2)16-12-13-16/h7-11,15-16,18,20H,6,12-14H2,1-5H3. The van der Waals surface area contributed by atoms with Crippen molar-refractivity contribution in [3.8, 4) is 0 Å². The zero-order valence-corrected chi connectivity index (χ0v) is 14.4. The summed E-state index contributed by atoms with van der Waals surface area (Å²) in [6.07, 6.45) is 2.84. The number of hydrogen-bond donors (Lipinski definition) is 1. The molecule has 2 heteroatoms. The molecule has 0 amide bonds. The summed E-state index contributed by atoms with van der Waals surface area (Å²) < 4.78 is 0. The van der Waals surface area contributed by atoms with Gasteiger partial charge in [-0.25, -0.2) is 0 Å². The van der Waals surface area contributed by atoms with Gasteiger partial charge >= 0.3 is 0 Å². The van der Waals surface area contributed by atoms with Crippen LogP contribution in [0.15, 0.2) is 30.3 Å². The summed E-state index contributed by atoms with van der Waals surface area (Å²) in [7, 11) is 2.29. The van der Waals surface area contributed by atoms with Gasteiger partial charge in [-0.15, -0.1) is 0 Å². The third-order valence-corrected chi connectivity index (χ3v) is 4.98. The minimum atomic E-state index is 0.204. The van der Waals surface area contributed by atoms with Gasteiger partial charge in [0.25, 0.3) is 0 Å². The molecular weight excluding hydrogens is 256 g/mol. The van der Waals surface area contributed by atoms with Crippen LogP contribution >= 0.6 is 0 Å². The SMILES string of the molecule is CCNC(c1ccccc1)C(C)(C)CN(C)C(C)C1CC1. The lowest BCUT2D eigenvalue weighted by molar-refractivity contribution is 0.121. The van der Waals surface area contributed by atoms with E-state index in [0.717, 1.165) is 19.0 Å². The summed E-state index contributed by atoms with van der Waals surface area (Å²) in [6.45, 7) is 11.5. The van der Waals surface area contributed by atoms with E-state index < -0.39 is 0 Å². The molecular formula is C19H32N2. The van der Waals surface area contributed by atoms with Crippen LogP contribution in [0.25, 0.3) is 0 Å². The lowest BCUT2D eigenvalue weighted by Crippen LogP contribution is -2.44. The van der Waals surface area contributed by atoms with E-state index in [1.165, 1.54) is 18.4 Å². The van der Waals surface area contributed by atoms with Gasteiger partial charge in [0.05, 0.1) is 0 Å². The predicted molar refractivity (Wildman–Crippen MR) is 91.5 cm³/mol. The summed E-state index contributed by atoms with van der Waals surface area (Å²) in [4.78, 5) is 2.56. The second-order valence-electron chi connectivity index (χ2n) is 7.38. The second-order valence-corrected chi connectivity index (χ2v) is 7.38. The monoisotopic (exact) mass is 288 g/mol. The number of rotatable bonds is 8. The molecule has 0 spiro atoms. The highest BCUT2D eigenvalue weighted by Gasteiger charge is 2.36. The number of nitrogens with zero attached hydrogens (tertiary/aromatic N) is 1. The average Bonchev–Trinajstić information content (AvgIpc) is 3.28. The molecule has 0 bridgehead atoms. The van der Waals surface area contributed by atoms with Crippen LogP contribution in [0.1, 0.15) is 52.1 Å². The van der Waals surface area contributed by atoms with Crippen molar-refractivity contribution in [3.05, 3.63) is 35.9 Å². The van der Waals surface area contributed by atoms with Crippen LogP contribution in [0.4, 0.5) is 0 Å². The summed E-state index contributed by atoms with van der Waals surface area (Å²) in [5, 5.41) is 3.70. The van der Waals surface area contributed by atoms with Crippen LogP contribution in [-0.4, -0.2) is 31.1 Å². The first-order valence-electron chi connectivity index (χ1n) is 8.44. The summed E-state index contributed by atoms with van der Waals surface area (Å²) in [5.41, 5.74) is 1.60. The highest BCUT2D eigenvalue weighted by atomic mass is 15.1. The van der Waals surface area contributed by atoms with Crippen molar-refractivity contribution >= 4 is 0 Å². The van der Waals surface area contributed by atoms with E-state index in [2.05, 4.69) is 75.3 Å². The number of nitrogens with one attached hydrogen (secondary N) is 1. The topological polar surface area (TPSA) is 15.3 Å². The molecule has 2 rings (SSSR count). The maximum absolute atomic E-state index is 3.70. The first-order valence-corrected chi connectivity index (χ1v) is 8.44. The van der Waals surface area contributed by atoms with Gasteiger partial charge in [0.2, 0.25) is 0 Å². The van der Waals surface area contributed by atoms with Crippen molar-refractivity contribution in [2.45, 2.75) is 52.6 Å². The van der Waals surface area contributed by atoms with Crippen molar-refractivity contribution in [1.82, 2.24) is 10.2 Å². The number of hydrogen-bond acceptors (Lipinski definition) is 2. The lowest BCUT2D eigenvalue weighted by Gasteiger charge is -2.40. The predicted octanol–water partition coefficient (Wildman–Crippen LogP) is 4.09. The minimum absolute atomic E-state index is 0.204. The molecule has 1 aromatic rings. The van der Waals surface area contributed by atoms with Gasteiger partial charge in [-0.05, 0) is 50.3 Å². The Balaban J connectivity index is 2.09. The molecule has 1 aliphatic carbocycles. The maximum atomic E-state index is 3.70. The van der Waals surface area contributed by atoms with Crippen molar-refractivity contribution in [2.75, 3.05) is 20.1 Å². The molecule has 1 aliphatic rings. The van der Waals surface area contributed by atoms with Gasteiger partial charge in [0.15, 0.2) is 0 Å². The molecule has 1 N–H and O–H groups in total. The van der Waals surface area contributed by atoms with E-state index in [1.807, 2.05) is 0 Å². The third-order valence-electron chi connectivity index (χ3n) is 4.98. The van der Waals surface area contributed by atoms with Crippen LogP contribution < -0.4 is 5.32 Å². The Hall–Kier alpha value is -0.860. The summed E-state index contributed by atoms with van der Waals surface area (Å²) >= 11 is 0. The summed E-state index contributed by atoms with van der Waals surface area (Å²) in [6, 6.07) is 12.0. The van der Waals surface area contributed by atoms with Crippen LogP contribution in [0, 0.1) is 11.3 Å². The molecule has 21 heavy (non-hydrogen) atoms. The Labute approximate surface area is 130 Å². The van der Waals surface area contributed by atoms with Crippen LogP contribution in [0.2, 0.25) is 0 Å². The molecule has 2 unspecified atom stereocenters. The van der Waals surface area contributed by atoms with Crippen LogP contribution in [0.5, 0.6) is 0 Å². The van der Waals surface area contributed by atoms with Gasteiger partial charge in [-0.1, -0.05) is 51.1 Å². The average molecular weight is 288 g/mol. The van der Waals surface area contributed by atoms with Crippen molar-refractivity contribution in [2.24, 2.45) is 11.3 Å². The Morgan fingerprint density at radius 1 is 1.24 bits per heavy atom.